The van der Waals surface area contributed by atoms with Gasteiger partial charge in [-0.05, 0) is 49.8 Å². The van der Waals surface area contributed by atoms with Crippen molar-refractivity contribution in [3.63, 3.8) is 0 Å². The van der Waals surface area contributed by atoms with Crippen molar-refractivity contribution in [2.45, 2.75) is 19.4 Å². The Hall–Kier alpha value is -2.78. The lowest BCUT2D eigenvalue weighted by Crippen LogP contribution is -2.14. The van der Waals surface area contributed by atoms with Gasteiger partial charge < -0.3 is 14.6 Å². The van der Waals surface area contributed by atoms with Gasteiger partial charge in [-0.15, -0.1) is 0 Å². The second-order valence-electron chi connectivity index (χ2n) is 6.38. The number of rotatable bonds is 9. The van der Waals surface area contributed by atoms with Gasteiger partial charge in [0.25, 0.3) is 0 Å². The summed E-state index contributed by atoms with van der Waals surface area (Å²) >= 11 is 0. The van der Waals surface area contributed by atoms with Gasteiger partial charge in [-0.3, -0.25) is 0 Å². The molecule has 0 aromatic heterocycles. The molecule has 0 aliphatic heterocycles. The fourth-order valence-electron chi connectivity index (χ4n) is 2.05. The summed E-state index contributed by atoms with van der Waals surface area (Å²) in [6.07, 6.45) is 9.46. The van der Waals surface area contributed by atoms with Gasteiger partial charge in [-0.2, -0.15) is 0 Å². The molecule has 2 aromatic rings. The highest BCUT2D eigenvalue weighted by atomic mass is 16.5. The van der Waals surface area contributed by atoms with Gasteiger partial charge in [0.15, 0.2) is 0 Å². The largest absolute Gasteiger partial charge is 0.490 e. The Balaban J connectivity index is 1.93. The molecule has 0 aliphatic carbocycles. The Morgan fingerprint density at radius 2 is 1.50 bits per heavy atom. The summed E-state index contributed by atoms with van der Waals surface area (Å²) in [5.41, 5.74) is 0.0818. The van der Waals surface area contributed by atoms with Gasteiger partial charge >= 0.3 is 0 Å². The van der Waals surface area contributed by atoms with Crippen LogP contribution in [-0.2, 0) is 0 Å². The Kier molecular flexibility index (Phi) is 7.72. The molecule has 0 unspecified atom stereocenters. The third-order valence-corrected chi connectivity index (χ3v) is 3.39. The number of allylic oxidation sites excluding steroid dienone is 2. The van der Waals surface area contributed by atoms with Gasteiger partial charge in [0, 0.05) is 0 Å². The molecule has 0 atom stereocenters. The van der Waals surface area contributed by atoms with E-state index in [0.29, 0.717) is 13.2 Å². The van der Waals surface area contributed by atoms with Crippen LogP contribution in [0.15, 0.2) is 96.6 Å². The van der Waals surface area contributed by atoms with Crippen molar-refractivity contribution in [1.29, 1.82) is 0 Å². The molecule has 0 aliphatic rings. The van der Waals surface area contributed by atoms with Crippen molar-refractivity contribution in [3.05, 3.63) is 96.6 Å². The number of para-hydroxylation sites is 2. The molecule has 0 spiro atoms. The summed E-state index contributed by atoms with van der Waals surface area (Å²) < 4.78 is 11.4. The van der Waals surface area contributed by atoms with E-state index in [4.69, 9.17) is 9.47 Å². The normalized spacial score (nSPS) is 12.7. The molecule has 136 valence electrons. The number of hydrogen-bond donors (Lipinski definition) is 1. The zero-order valence-electron chi connectivity index (χ0n) is 15.3. The molecule has 3 nitrogen and oxygen atoms in total. The van der Waals surface area contributed by atoms with Crippen LogP contribution in [0.4, 0.5) is 0 Å². The first-order valence-electron chi connectivity index (χ1n) is 8.66. The smallest absolute Gasteiger partial charge is 0.119 e. The molecule has 0 heterocycles. The summed E-state index contributed by atoms with van der Waals surface area (Å²) in [7, 11) is 0. The molecule has 0 fully saturated rings. The van der Waals surface area contributed by atoms with Crippen molar-refractivity contribution in [2.24, 2.45) is 0 Å². The predicted molar refractivity (Wildman–Crippen MR) is 107 cm³/mol. The van der Waals surface area contributed by atoms with Gasteiger partial charge in [0.2, 0.25) is 0 Å². The van der Waals surface area contributed by atoms with Crippen molar-refractivity contribution >= 4 is 0 Å². The van der Waals surface area contributed by atoms with E-state index in [9.17, 15) is 5.11 Å². The van der Waals surface area contributed by atoms with Crippen LogP contribution in [0.3, 0.4) is 0 Å². The third kappa shape index (κ3) is 8.36. The molecule has 26 heavy (non-hydrogen) atoms. The van der Waals surface area contributed by atoms with Crippen molar-refractivity contribution < 1.29 is 14.6 Å². The van der Waals surface area contributed by atoms with E-state index in [0.717, 1.165) is 17.1 Å². The Labute approximate surface area is 155 Å². The summed E-state index contributed by atoms with van der Waals surface area (Å²) in [6, 6.07) is 19.4. The average Bonchev–Trinajstić information content (AvgIpc) is 2.64. The average molecular weight is 350 g/mol. The van der Waals surface area contributed by atoms with E-state index < -0.39 is 5.60 Å². The zero-order chi connectivity index (χ0) is 18.7. The van der Waals surface area contributed by atoms with Gasteiger partial charge in [0.05, 0.1) is 5.60 Å². The quantitative estimate of drug-likeness (QED) is 0.650. The minimum absolute atomic E-state index is 0.417. The molecule has 0 bridgehead atoms. The van der Waals surface area contributed by atoms with Gasteiger partial charge in [0.1, 0.15) is 24.7 Å². The van der Waals surface area contributed by atoms with E-state index in [1.54, 1.807) is 19.9 Å². The van der Waals surface area contributed by atoms with Crippen molar-refractivity contribution in [2.75, 3.05) is 13.2 Å². The fourth-order valence-corrected chi connectivity index (χ4v) is 2.05. The molecular formula is C23H26O3. The molecule has 0 radical (unpaired) electrons. The van der Waals surface area contributed by atoms with Crippen LogP contribution in [-0.4, -0.2) is 23.9 Å². The summed E-state index contributed by atoms with van der Waals surface area (Å²) in [4.78, 5) is 0. The Bertz CT molecular complexity index is 723. The van der Waals surface area contributed by atoms with Crippen LogP contribution >= 0.6 is 0 Å². The van der Waals surface area contributed by atoms with E-state index in [-0.39, 0.29) is 0 Å². The molecule has 2 rings (SSSR count). The molecule has 3 heteroatoms. The van der Waals surface area contributed by atoms with Crippen molar-refractivity contribution in [3.8, 4) is 11.5 Å². The lowest BCUT2D eigenvalue weighted by atomic mass is 10.1. The van der Waals surface area contributed by atoms with Gasteiger partial charge in [-0.25, -0.2) is 0 Å². The highest BCUT2D eigenvalue weighted by Crippen LogP contribution is 2.12. The number of aliphatic hydroxyl groups is 1. The topological polar surface area (TPSA) is 38.7 Å². The van der Waals surface area contributed by atoms with Crippen LogP contribution in [0.25, 0.3) is 0 Å². The molecule has 1 N–H and O–H groups in total. The van der Waals surface area contributed by atoms with E-state index in [1.807, 2.05) is 85.0 Å². The predicted octanol–water partition coefficient (Wildman–Crippen LogP) is 4.95. The monoisotopic (exact) mass is 350 g/mol. The van der Waals surface area contributed by atoms with Crippen LogP contribution in [0.1, 0.15) is 13.8 Å². The van der Waals surface area contributed by atoms with Crippen LogP contribution in [0, 0.1) is 0 Å². The lowest BCUT2D eigenvalue weighted by Gasteiger charge is -2.11. The second-order valence-corrected chi connectivity index (χ2v) is 6.38. The molecule has 0 saturated carbocycles. The second kappa shape index (κ2) is 10.3. The first kappa shape index (κ1) is 19.5. The number of ether oxygens (including phenoxy) is 2. The standard InChI is InChI=1S/C23H26O3/c1-23(2,24)17-16-20(19-26-22-14-7-4-8-15-22)11-9-10-18-25-21-12-5-3-6-13-21/h3-17,24H,18-19H2,1-2H3/b10-9+,17-16+,20-11-. The summed E-state index contributed by atoms with van der Waals surface area (Å²) in [5, 5.41) is 9.89. The Morgan fingerprint density at radius 1 is 0.923 bits per heavy atom. The molecule has 0 saturated heterocycles. The summed E-state index contributed by atoms with van der Waals surface area (Å²) in [5.74, 6) is 1.65. The minimum Gasteiger partial charge on any atom is -0.490 e. The van der Waals surface area contributed by atoms with Gasteiger partial charge in [-0.1, -0.05) is 60.7 Å². The highest BCUT2D eigenvalue weighted by molar-refractivity contribution is 5.28. The van der Waals surface area contributed by atoms with Crippen LogP contribution < -0.4 is 9.47 Å². The maximum Gasteiger partial charge on any atom is 0.119 e. The first-order chi connectivity index (χ1) is 12.5. The SMILES string of the molecule is CC(C)(O)/C=C/C(=C/C=C/COc1ccccc1)COc1ccccc1. The van der Waals surface area contributed by atoms with Crippen LogP contribution in [0.5, 0.6) is 11.5 Å². The number of hydrogen-bond acceptors (Lipinski definition) is 3. The third-order valence-electron chi connectivity index (χ3n) is 3.39. The molecule has 0 amide bonds. The highest BCUT2D eigenvalue weighted by Gasteiger charge is 2.06. The fraction of sp³-hybridized carbons (Fsp3) is 0.217. The van der Waals surface area contributed by atoms with Crippen molar-refractivity contribution in [1.82, 2.24) is 0 Å². The summed E-state index contributed by atoms with van der Waals surface area (Å²) in [6.45, 7) is 4.38. The lowest BCUT2D eigenvalue weighted by molar-refractivity contribution is 0.133. The first-order valence-corrected chi connectivity index (χ1v) is 8.66. The Morgan fingerprint density at radius 3 is 2.08 bits per heavy atom. The van der Waals surface area contributed by atoms with E-state index >= 15 is 0 Å². The molecular weight excluding hydrogens is 324 g/mol. The van der Waals surface area contributed by atoms with E-state index in [2.05, 4.69) is 0 Å². The molecule has 2 aromatic carbocycles. The van der Waals surface area contributed by atoms with Crippen LogP contribution in [0.2, 0.25) is 0 Å². The zero-order valence-corrected chi connectivity index (χ0v) is 15.3. The minimum atomic E-state index is -0.869. The maximum atomic E-state index is 9.89. The maximum absolute atomic E-state index is 9.89. The number of benzene rings is 2. The van der Waals surface area contributed by atoms with E-state index in [1.165, 1.54) is 0 Å².